The number of amides is 4. The summed E-state index contributed by atoms with van der Waals surface area (Å²) in [6.45, 7) is -0.655. The second-order valence-electron chi connectivity index (χ2n) is 8.79. The SMILES string of the molecule is [B]C1C(=O)N([B])C(=O)[C@]([B])(N2Cc3cc(CN([B])C(=O)C(F)(F)c4ccc(Cl)cc4)ccc3C2=O)C1[B]. The van der Waals surface area contributed by atoms with E-state index in [1.54, 1.807) is 0 Å². The molecule has 0 spiro atoms. The summed E-state index contributed by atoms with van der Waals surface area (Å²) in [5, 5.41) is 0.223. The topological polar surface area (TPSA) is 78.0 Å². The Kier molecular flexibility index (Phi) is 6.86. The molecule has 0 bridgehead atoms. The number of hydrogen-bond donors (Lipinski definition) is 0. The molecule has 1 saturated heterocycles. The van der Waals surface area contributed by atoms with E-state index in [4.69, 9.17) is 51.1 Å². The van der Waals surface area contributed by atoms with Crippen LogP contribution in [0.15, 0.2) is 42.5 Å². The third kappa shape index (κ3) is 4.29. The fourth-order valence-corrected chi connectivity index (χ4v) is 4.45. The van der Waals surface area contributed by atoms with Gasteiger partial charge >= 0.3 is 5.92 Å². The van der Waals surface area contributed by atoms with Crippen LogP contribution in [0.5, 0.6) is 0 Å². The van der Waals surface area contributed by atoms with Crippen LogP contribution in [0.3, 0.4) is 0 Å². The normalized spacial score (nSPS) is 23.8. The molecular weight excluding hydrogens is 498 g/mol. The highest BCUT2D eigenvalue weighted by molar-refractivity contribution is 6.47. The van der Waals surface area contributed by atoms with Crippen molar-refractivity contribution in [1.29, 1.82) is 0 Å². The van der Waals surface area contributed by atoms with Gasteiger partial charge in [0.05, 0.1) is 21.1 Å². The van der Waals surface area contributed by atoms with E-state index >= 15 is 0 Å². The van der Waals surface area contributed by atoms with Crippen LogP contribution in [-0.4, -0.2) is 83.1 Å². The Bertz CT molecular complexity index is 1320. The van der Waals surface area contributed by atoms with Gasteiger partial charge in [-0.25, -0.2) is 0 Å². The predicted octanol–water partition coefficient (Wildman–Crippen LogP) is 0.731. The quantitative estimate of drug-likeness (QED) is 0.439. The Morgan fingerprint density at radius 2 is 1.76 bits per heavy atom. The zero-order valence-electron chi connectivity index (χ0n) is 19.1. The van der Waals surface area contributed by atoms with Gasteiger partial charge < -0.3 is 14.5 Å². The van der Waals surface area contributed by atoms with Gasteiger partial charge in [-0.05, 0) is 35.1 Å². The molecule has 1 fully saturated rings. The lowest BCUT2D eigenvalue weighted by Crippen LogP contribution is -2.68. The minimum Gasteiger partial charge on any atom is -0.387 e. The Labute approximate surface area is 222 Å². The van der Waals surface area contributed by atoms with E-state index in [-0.39, 0.29) is 21.9 Å². The molecule has 2 unspecified atom stereocenters. The lowest BCUT2D eigenvalue weighted by atomic mass is 9.48. The monoisotopic (exact) mass is 511 g/mol. The van der Waals surface area contributed by atoms with Crippen molar-refractivity contribution < 1.29 is 28.0 Å². The third-order valence-corrected chi connectivity index (χ3v) is 6.74. The number of rotatable bonds is 5. The highest BCUT2D eigenvalue weighted by atomic mass is 35.5. The molecule has 3 atom stereocenters. The number of halogens is 3. The number of fused-ring (bicyclic) bond motifs is 1. The molecular formula is C22H13B5ClF2N3O4. The minimum atomic E-state index is -3.92. The number of piperidine rings is 1. The minimum absolute atomic E-state index is 0.143. The first-order chi connectivity index (χ1) is 17.2. The first-order valence-electron chi connectivity index (χ1n) is 10.8. The second kappa shape index (κ2) is 9.38. The molecule has 15 heteroatoms. The van der Waals surface area contributed by atoms with Gasteiger partial charge in [0.2, 0.25) is 27.8 Å². The van der Waals surface area contributed by atoms with Crippen LogP contribution < -0.4 is 0 Å². The fourth-order valence-electron chi connectivity index (χ4n) is 4.32. The highest BCUT2D eigenvalue weighted by Crippen LogP contribution is 2.43. The van der Waals surface area contributed by atoms with Crippen LogP contribution in [-0.2, 0) is 33.4 Å². The zero-order chi connectivity index (χ0) is 27.4. The summed E-state index contributed by atoms with van der Waals surface area (Å²) in [4.78, 5) is 51.9. The summed E-state index contributed by atoms with van der Waals surface area (Å²) < 4.78 is 29.4. The van der Waals surface area contributed by atoms with Crippen molar-refractivity contribution in [3.63, 3.8) is 0 Å². The number of alkyl halides is 2. The van der Waals surface area contributed by atoms with Crippen LogP contribution >= 0.6 is 11.6 Å². The molecule has 10 radical (unpaired) electrons. The molecule has 7 nitrogen and oxygen atoms in total. The van der Waals surface area contributed by atoms with Crippen molar-refractivity contribution in [3.05, 3.63) is 69.7 Å². The van der Waals surface area contributed by atoms with Crippen LogP contribution in [0.4, 0.5) is 8.78 Å². The van der Waals surface area contributed by atoms with Gasteiger partial charge in [0.25, 0.3) is 11.8 Å². The van der Waals surface area contributed by atoms with Gasteiger partial charge in [-0.3, -0.25) is 19.2 Å². The Balaban J connectivity index is 1.55. The van der Waals surface area contributed by atoms with E-state index in [0.717, 1.165) is 17.0 Å². The van der Waals surface area contributed by atoms with E-state index in [1.165, 1.54) is 30.3 Å². The van der Waals surface area contributed by atoms with E-state index in [0.29, 0.717) is 15.9 Å². The number of benzene rings is 2. The van der Waals surface area contributed by atoms with Crippen LogP contribution in [0.25, 0.3) is 0 Å². The summed E-state index contributed by atoms with van der Waals surface area (Å²) in [6, 6.07) is 8.72. The number of carbonyl (C=O) groups is 4. The van der Waals surface area contributed by atoms with E-state index < -0.39 is 58.7 Å². The van der Waals surface area contributed by atoms with Crippen molar-refractivity contribution in [2.75, 3.05) is 0 Å². The van der Waals surface area contributed by atoms with Gasteiger partial charge in [-0.15, -0.1) is 0 Å². The lowest BCUT2D eigenvalue weighted by molar-refractivity contribution is -0.154. The van der Waals surface area contributed by atoms with Crippen LogP contribution in [0.1, 0.15) is 27.0 Å². The average Bonchev–Trinajstić information content (AvgIpc) is 3.20. The van der Waals surface area contributed by atoms with Gasteiger partial charge in [0, 0.05) is 29.2 Å². The number of imide groups is 1. The van der Waals surface area contributed by atoms with Crippen molar-refractivity contribution in [2.24, 2.45) is 0 Å². The van der Waals surface area contributed by atoms with Gasteiger partial charge in [0.15, 0.2) is 0 Å². The molecule has 176 valence electrons. The summed E-state index contributed by atoms with van der Waals surface area (Å²) in [5.41, 5.74) is -2.00. The maximum Gasteiger partial charge on any atom is 0.348 e. The number of carbonyl (C=O) groups excluding carboxylic acids is 4. The smallest absolute Gasteiger partial charge is 0.348 e. The van der Waals surface area contributed by atoms with Crippen molar-refractivity contribution in [3.8, 4) is 0 Å². The fraction of sp³-hybridized carbons (Fsp3) is 0.273. The lowest BCUT2D eigenvalue weighted by Gasteiger charge is -2.51. The van der Waals surface area contributed by atoms with Gasteiger partial charge in [-0.2, -0.15) is 8.78 Å². The second-order valence-corrected chi connectivity index (χ2v) is 9.22. The van der Waals surface area contributed by atoms with Crippen molar-refractivity contribution in [2.45, 2.75) is 36.1 Å². The molecule has 4 amide bonds. The van der Waals surface area contributed by atoms with E-state index in [2.05, 4.69) is 0 Å². The molecule has 37 heavy (non-hydrogen) atoms. The van der Waals surface area contributed by atoms with Gasteiger partial charge in [0.1, 0.15) is 7.85 Å². The standard InChI is InChI=1S/C22H13B5ClF2N3O4/c23-15-16(24)21(25,19(36)33(27)18(15)35)31-9-11-7-10(1-6-14(11)17(31)34)8-32(26)20(37)22(29,30)12-2-4-13(28)5-3-12/h1-7,15-16H,8-9H2/t15?,16?,21-/m1/s1. The highest BCUT2D eigenvalue weighted by Gasteiger charge is 2.55. The molecule has 2 aliphatic rings. The maximum atomic E-state index is 14.7. The Morgan fingerprint density at radius 3 is 2.38 bits per heavy atom. The predicted molar refractivity (Wildman–Crippen MR) is 133 cm³/mol. The number of hydrogen-bond acceptors (Lipinski definition) is 4. The van der Waals surface area contributed by atoms with Crippen LogP contribution in [0, 0.1) is 0 Å². The van der Waals surface area contributed by atoms with Crippen molar-refractivity contribution in [1.82, 2.24) is 14.5 Å². The summed E-state index contributed by atoms with van der Waals surface area (Å²) >= 11 is 5.72. The molecule has 2 aliphatic heterocycles. The maximum absolute atomic E-state index is 14.7. The Morgan fingerprint density at radius 1 is 1.14 bits per heavy atom. The summed E-state index contributed by atoms with van der Waals surface area (Å²) in [5.74, 6) is -11.2. The van der Waals surface area contributed by atoms with E-state index in [9.17, 15) is 28.0 Å². The average molecular weight is 511 g/mol. The Hall–Kier alpha value is -3.01. The first kappa shape index (κ1) is 27.0. The molecule has 4 rings (SSSR count). The molecule has 2 heterocycles. The zero-order valence-corrected chi connectivity index (χ0v) is 19.9. The summed E-state index contributed by atoms with van der Waals surface area (Å²) in [6.07, 6.45) is 0. The van der Waals surface area contributed by atoms with E-state index in [1.807, 2.05) is 0 Å². The third-order valence-electron chi connectivity index (χ3n) is 6.49. The molecule has 0 aromatic heterocycles. The molecule has 0 saturated carbocycles. The van der Waals surface area contributed by atoms with Gasteiger partial charge in [-0.1, -0.05) is 41.7 Å². The first-order valence-corrected chi connectivity index (χ1v) is 11.2. The largest absolute Gasteiger partial charge is 0.387 e. The molecule has 0 N–H and O–H groups in total. The van der Waals surface area contributed by atoms with Crippen LogP contribution in [0.2, 0.25) is 16.7 Å². The molecule has 2 aromatic rings. The number of nitrogens with zero attached hydrogens (tertiary/aromatic N) is 3. The van der Waals surface area contributed by atoms with Crippen molar-refractivity contribution >= 4 is 74.7 Å². The summed E-state index contributed by atoms with van der Waals surface area (Å²) in [7, 11) is 29.2. The molecule has 0 aliphatic carbocycles. The molecule has 2 aromatic carbocycles.